The molecule has 4 amide bonds. The van der Waals surface area contributed by atoms with Gasteiger partial charge < -0.3 is 15.3 Å². The third-order valence-corrected chi connectivity index (χ3v) is 8.53. The highest BCUT2D eigenvalue weighted by atomic mass is 16.4. The van der Waals surface area contributed by atoms with Crippen molar-refractivity contribution in [2.24, 2.45) is 29.6 Å². The number of rotatable bonds is 7. The standard InChI is InChI=1S/C27H28N2O9/c1-12-3-2-4-14(23(12)34)20-13-5-6-15-21(26(37)28(24(15)35)9-7-18(30)31)16(13)11-17-22(20)27(38)29(25(17)36)10-8-19(32)33/h2-5,15-17,20-22,34H,6-11H2,1H3,(H,30,31)(H,32,33)/t15-,16+,17+,20+,21-,22+/m0/s1. The second kappa shape index (κ2) is 9.38. The molecular weight excluding hydrogens is 496 g/mol. The Morgan fingerprint density at radius 2 is 1.42 bits per heavy atom. The number of phenols is 1. The van der Waals surface area contributed by atoms with Crippen molar-refractivity contribution < 1.29 is 44.1 Å². The molecule has 1 aromatic rings. The van der Waals surface area contributed by atoms with E-state index in [4.69, 9.17) is 10.2 Å². The normalized spacial score (nSPS) is 30.2. The Labute approximate surface area is 217 Å². The van der Waals surface area contributed by atoms with Gasteiger partial charge in [0, 0.05) is 24.6 Å². The molecule has 1 aromatic carbocycles. The van der Waals surface area contributed by atoms with Gasteiger partial charge in [0.25, 0.3) is 0 Å². The highest BCUT2D eigenvalue weighted by Crippen LogP contribution is 2.58. The first-order chi connectivity index (χ1) is 18.0. The van der Waals surface area contributed by atoms with Gasteiger partial charge in [-0.25, -0.2) is 0 Å². The number of aliphatic carboxylic acids is 2. The minimum absolute atomic E-state index is 0.0268. The van der Waals surface area contributed by atoms with Crippen LogP contribution in [0.3, 0.4) is 0 Å². The average molecular weight is 525 g/mol. The summed E-state index contributed by atoms with van der Waals surface area (Å²) in [6.07, 6.45) is 1.40. The molecule has 6 atom stereocenters. The van der Waals surface area contributed by atoms with E-state index in [9.17, 15) is 33.9 Å². The largest absolute Gasteiger partial charge is 0.507 e. The third kappa shape index (κ3) is 3.88. The van der Waals surface area contributed by atoms with E-state index in [1.165, 1.54) is 0 Å². The fourth-order valence-electron chi connectivity index (χ4n) is 6.86. The number of hydrogen-bond donors (Lipinski definition) is 3. The minimum atomic E-state index is -1.15. The lowest BCUT2D eigenvalue weighted by molar-refractivity contribution is -0.145. The number of hydrogen-bond acceptors (Lipinski definition) is 7. The molecule has 0 unspecified atom stereocenters. The molecule has 2 saturated heterocycles. The van der Waals surface area contributed by atoms with E-state index in [1.807, 2.05) is 6.08 Å². The van der Waals surface area contributed by atoms with Gasteiger partial charge in [-0.1, -0.05) is 29.8 Å². The van der Waals surface area contributed by atoms with Crippen LogP contribution < -0.4 is 0 Å². The molecule has 11 nitrogen and oxygen atoms in total. The predicted octanol–water partition coefficient (Wildman–Crippen LogP) is 1.29. The van der Waals surface area contributed by atoms with Crippen LogP contribution in [0.15, 0.2) is 29.8 Å². The second-order valence-corrected chi connectivity index (χ2v) is 10.5. The van der Waals surface area contributed by atoms with Gasteiger partial charge in [0.15, 0.2) is 0 Å². The fraction of sp³-hybridized carbons (Fsp3) is 0.481. The molecule has 1 saturated carbocycles. The maximum absolute atomic E-state index is 13.6. The van der Waals surface area contributed by atoms with Crippen LogP contribution in [0.2, 0.25) is 0 Å². The topological polar surface area (TPSA) is 170 Å². The van der Waals surface area contributed by atoms with E-state index in [2.05, 4.69) is 0 Å². The van der Waals surface area contributed by atoms with Crippen molar-refractivity contribution >= 4 is 35.6 Å². The second-order valence-electron chi connectivity index (χ2n) is 10.5. The molecule has 2 aliphatic heterocycles. The summed E-state index contributed by atoms with van der Waals surface area (Å²) >= 11 is 0. The summed E-state index contributed by atoms with van der Waals surface area (Å²) in [6.45, 7) is 1.20. The lowest BCUT2D eigenvalue weighted by atomic mass is 9.57. The van der Waals surface area contributed by atoms with Crippen LogP contribution in [0, 0.1) is 36.5 Å². The number of carbonyl (C=O) groups excluding carboxylic acids is 4. The first kappa shape index (κ1) is 25.6. The molecule has 2 aliphatic carbocycles. The van der Waals surface area contributed by atoms with E-state index in [0.29, 0.717) is 16.7 Å². The number of aromatic hydroxyl groups is 1. The van der Waals surface area contributed by atoms with Crippen molar-refractivity contribution in [2.75, 3.05) is 13.1 Å². The van der Waals surface area contributed by atoms with Crippen LogP contribution >= 0.6 is 0 Å². The first-order valence-corrected chi connectivity index (χ1v) is 12.6. The van der Waals surface area contributed by atoms with Gasteiger partial charge in [-0.15, -0.1) is 0 Å². The molecule has 5 rings (SSSR count). The summed E-state index contributed by atoms with van der Waals surface area (Å²) < 4.78 is 0. The average Bonchev–Trinajstić information content (AvgIpc) is 3.25. The Kier molecular flexibility index (Phi) is 6.32. The molecule has 0 bridgehead atoms. The third-order valence-electron chi connectivity index (χ3n) is 8.53. The van der Waals surface area contributed by atoms with Crippen molar-refractivity contribution in [3.8, 4) is 5.75 Å². The number of allylic oxidation sites excluding steroid dienone is 2. The number of likely N-dealkylation sites (tertiary alicyclic amines) is 2. The molecule has 38 heavy (non-hydrogen) atoms. The predicted molar refractivity (Wildman–Crippen MR) is 128 cm³/mol. The number of aryl methyl sites for hydroxylation is 1. The molecule has 2 heterocycles. The van der Waals surface area contributed by atoms with Crippen molar-refractivity contribution in [2.45, 2.75) is 38.5 Å². The van der Waals surface area contributed by atoms with E-state index >= 15 is 0 Å². The molecule has 3 fully saturated rings. The van der Waals surface area contributed by atoms with Crippen LogP contribution in [0.5, 0.6) is 5.75 Å². The maximum Gasteiger partial charge on any atom is 0.305 e. The van der Waals surface area contributed by atoms with E-state index in [-0.39, 0.29) is 38.1 Å². The Morgan fingerprint density at radius 3 is 2.03 bits per heavy atom. The van der Waals surface area contributed by atoms with Crippen molar-refractivity contribution in [3.05, 3.63) is 41.0 Å². The SMILES string of the molecule is Cc1cccc([C@H]2C3=CC[C@@H]4C(=O)N(CCC(=O)O)C(=O)[C@@H]4[C@@H]3C[C@H]3C(=O)N(CCC(=O)O)C(=O)[C@@H]23)c1O. The monoisotopic (exact) mass is 524 g/mol. The lowest BCUT2D eigenvalue weighted by Gasteiger charge is -2.44. The summed E-state index contributed by atoms with van der Waals surface area (Å²) in [5.41, 5.74) is 1.72. The number of amides is 4. The number of para-hydroxylation sites is 1. The zero-order chi connectivity index (χ0) is 27.5. The van der Waals surface area contributed by atoms with Crippen molar-refractivity contribution in [1.82, 2.24) is 9.80 Å². The van der Waals surface area contributed by atoms with Crippen LogP contribution in [0.4, 0.5) is 0 Å². The van der Waals surface area contributed by atoms with Crippen molar-refractivity contribution in [1.29, 1.82) is 0 Å². The van der Waals surface area contributed by atoms with Crippen molar-refractivity contribution in [3.63, 3.8) is 0 Å². The fourth-order valence-corrected chi connectivity index (χ4v) is 6.86. The summed E-state index contributed by atoms with van der Waals surface area (Å²) in [7, 11) is 0. The van der Waals surface area contributed by atoms with Crippen LogP contribution in [0.25, 0.3) is 0 Å². The molecular formula is C27H28N2O9. The van der Waals surface area contributed by atoms with E-state index < -0.39 is 77.5 Å². The Hall–Kier alpha value is -4.02. The van der Waals surface area contributed by atoms with Gasteiger partial charge in [0.1, 0.15) is 5.75 Å². The zero-order valence-corrected chi connectivity index (χ0v) is 20.7. The highest BCUT2D eigenvalue weighted by molar-refractivity contribution is 6.08. The smallest absolute Gasteiger partial charge is 0.305 e. The van der Waals surface area contributed by atoms with Crippen LogP contribution in [-0.4, -0.2) is 73.8 Å². The summed E-state index contributed by atoms with van der Waals surface area (Å²) in [6, 6.07) is 5.12. The molecule has 200 valence electrons. The number of nitrogens with zero attached hydrogens (tertiary/aromatic N) is 2. The quantitative estimate of drug-likeness (QED) is 0.351. The number of phenolic OH excluding ortho intramolecular Hbond substituents is 1. The lowest BCUT2D eigenvalue weighted by Crippen LogP contribution is -2.43. The van der Waals surface area contributed by atoms with Gasteiger partial charge in [0.05, 0.1) is 36.5 Å². The van der Waals surface area contributed by atoms with E-state index in [0.717, 1.165) is 9.80 Å². The van der Waals surface area contributed by atoms with Gasteiger partial charge >= 0.3 is 11.9 Å². The maximum atomic E-state index is 13.6. The highest BCUT2D eigenvalue weighted by Gasteiger charge is 2.62. The summed E-state index contributed by atoms with van der Waals surface area (Å²) in [5, 5.41) is 29.2. The number of carbonyl (C=O) groups is 6. The zero-order valence-electron chi connectivity index (χ0n) is 20.7. The van der Waals surface area contributed by atoms with Gasteiger partial charge in [0.2, 0.25) is 23.6 Å². The molecule has 3 N–H and O–H groups in total. The number of fused-ring (bicyclic) bond motifs is 4. The number of carboxylic acid groups (broad SMARTS) is 2. The van der Waals surface area contributed by atoms with Gasteiger partial charge in [-0.3, -0.25) is 38.6 Å². The first-order valence-electron chi connectivity index (χ1n) is 12.6. The number of benzene rings is 1. The molecule has 4 aliphatic rings. The number of carboxylic acids is 2. The van der Waals surface area contributed by atoms with Crippen LogP contribution in [0.1, 0.15) is 42.7 Å². The Bertz CT molecular complexity index is 1300. The summed E-state index contributed by atoms with van der Waals surface area (Å²) in [5.74, 6) is -8.78. The van der Waals surface area contributed by atoms with Crippen LogP contribution in [-0.2, 0) is 28.8 Å². The molecule has 0 radical (unpaired) electrons. The Balaban J connectivity index is 1.58. The molecule has 0 spiro atoms. The van der Waals surface area contributed by atoms with Gasteiger partial charge in [-0.05, 0) is 31.2 Å². The van der Waals surface area contributed by atoms with E-state index in [1.54, 1.807) is 25.1 Å². The summed E-state index contributed by atoms with van der Waals surface area (Å²) in [4.78, 5) is 77.8. The molecule has 0 aromatic heterocycles. The Morgan fingerprint density at radius 1 is 0.842 bits per heavy atom. The minimum Gasteiger partial charge on any atom is -0.507 e. The molecule has 11 heteroatoms. The number of imide groups is 2. The van der Waals surface area contributed by atoms with Gasteiger partial charge in [-0.2, -0.15) is 0 Å².